The van der Waals surface area contributed by atoms with Crippen LogP contribution in [-0.2, 0) is 18.5 Å². The molecule has 0 saturated carbocycles. The van der Waals surface area contributed by atoms with Crippen molar-refractivity contribution in [3.05, 3.63) is 238 Å². The monoisotopic (exact) mass is 1090 g/mol. The number of aromatic nitrogens is 3. The Kier molecular flexibility index (Phi) is 12.4. The van der Waals surface area contributed by atoms with E-state index in [9.17, 15) is 39.5 Å². The summed E-state index contributed by atoms with van der Waals surface area (Å²) in [5.41, 5.74) is 10.4. The summed E-state index contributed by atoms with van der Waals surface area (Å²) in [6.07, 6.45) is -10.6. The molecule has 0 saturated heterocycles. The number of halogens is 9. The molecule has 0 radical (unpaired) electrons. The number of fused-ring (bicyclic) bond motifs is 6. The molecule has 0 bridgehead atoms. The number of aryl methyl sites for hydroxylation is 5. The van der Waals surface area contributed by atoms with Gasteiger partial charge in [0, 0.05) is 33.9 Å². The van der Waals surface area contributed by atoms with Gasteiger partial charge in [-0.25, -0.2) is 4.85 Å². The Morgan fingerprint density at radius 2 is 0.642 bits per heavy atom. The minimum absolute atomic E-state index is 0.281. The van der Waals surface area contributed by atoms with Gasteiger partial charge in [0.1, 0.15) is 0 Å². The highest BCUT2D eigenvalue weighted by atomic mass is 19.4. The Morgan fingerprint density at radius 1 is 0.333 bits per heavy atom. The normalized spacial score (nSPS) is 12.3. The van der Waals surface area contributed by atoms with Gasteiger partial charge in [-0.3, -0.25) is 4.98 Å². The van der Waals surface area contributed by atoms with Crippen LogP contribution >= 0.6 is 0 Å². The van der Waals surface area contributed by atoms with Crippen molar-refractivity contribution in [1.82, 2.24) is 14.1 Å². The van der Waals surface area contributed by atoms with Crippen LogP contribution in [0, 0.1) is 41.2 Å². The molecule has 9 aromatic carbocycles. The highest BCUT2D eigenvalue weighted by Crippen LogP contribution is 2.47. The zero-order valence-electron chi connectivity index (χ0n) is 44.0. The maximum absolute atomic E-state index is 14.4. The quantitative estimate of drug-likeness (QED) is 0.115. The van der Waals surface area contributed by atoms with E-state index in [0.29, 0.717) is 111 Å². The predicted molar refractivity (Wildman–Crippen MR) is 305 cm³/mol. The molecule has 0 aliphatic heterocycles. The Bertz CT molecular complexity index is 4470. The summed E-state index contributed by atoms with van der Waals surface area (Å²) in [5.74, 6) is 0. The van der Waals surface area contributed by atoms with Crippen molar-refractivity contribution in [2.24, 2.45) is 0 Å². The summed E-state index contributed by atoms with van der Waals surface area (Å²) in [5, 5.41) is 2.64. The summed E-state index contributed by atoms with van der Waals surface area (Å²) < 4.78 is 133. The van der Waals surface area contributed by atoms with Gasteiger partial charge in [-0.1, -0.05) is 71.8 Å². The number of nitrogens with zero attached hydrogens (tertiary/aromatic N) is 4. The Labute approximate surface area is 459 Å². The molecule has 4 nitrogen and oxygen atoms in total. The first-order valence-electron chi connectivity index (χ1n) is 25.8. The van der Waals surface area contributed by atoms with Crippen LogP contribution in [-0.4, -0.2) is 14.1 Å². The summed E-state index contributed by atoms with van der Waals surface area (Å²) >= 11 is 0. The largest absolute Gasteiger partial charge is 0.416 e. The van der Waals surface area contributed by atoms with E-state index in [4.69, 9.17) is 6.57 Å². The molecule has 13 heteroatoms. The number of rotatable bonds is 7. The third kappa shape index (κ3) is 9.54. The van der Waals surface area contributed by atoms with Gasteiger partial charge in [-0.05, 0) is 216 Å². The van der Waals surface area contributed by atoms with Crippen molar-refractivity contribution in [2.45, 2.75) is 53.1 Å². The molecule has 0 amide bonds. The number of alkyl halides is 9. The smallest absolute Gasteiger partial charge is 0.308 e. The molecule has 0 atom stereocenters. The van der Waals surface area contributed by atoms with Crippen LogP contribution in [0.5, 0.6) is 0 Å². The lowest BCUT2D eigenvalue weighted by Gasteiger charge is -2.20. The lowest BCUT2D eigenvalue weighted by molar-refractivity contribution is -0.138. The van der Waals surface area contributed by atoms with E-state index in [2.05, 4.69) is 34.1 Å². The first-order valence-corrected chi connectivity index (χ1v) is 25.8. The van der Waals surface area contributed by atoms with Crippen molar-refractivity contribution in [1.29, 1.82) is 0 Å². The molecule has 0 unspecified atom stereocenters. The van der Waals surface area contributed by atoms with Crippen LogP contribution in [0.15, 0.2) is 182 Å². The average Bonchev–Trinajstić information content (AvgIpc) is 4.04. The van der Waals surface area contributed by atoms with Crippen molar-refractivity contribution < 1.29 is 39.5 Å². The van der Waals surface area contributed by atoms with Crippen LogP contribution in [0.1, 0.15) is 44.5 Å². The van der Waals surface area contributed by atoms with Crippen LogP contribution in [0.2, 0.25) is 0 Å². The summed E-state index contributed by atoms with van der Waals surface area (Å²) in [7, 11) is 0. The fraction of sp³-hybridized carbons (Fsp3) is 0.118. The molecule has 3 heterocycles. The number of hydrogen-bond acceptors (Lipinski definition) is 1. The van der Waals surface area contributed by atoms with Crippen LogP contribution in [0.4, 0.5) is 45.2 Å². The molecule has 3 aromatic heterocycles. The molecule has 0 aliphatic carbocycles. The highest BCUT2D eigenvalue weighted by molar-refractivity contribution is 6.14. The number of hydrogen-bond donors (Lipinski definition) is 0. The Morgan fingerprint density at radius 3 is 0.963 bits per heavy atom. The molecule has 400 valence electrons. The molecule has 12 rings (SSSR count). The van der Waals surface area contributed by atoms with Crippen LogP contribution < -0.4 is 0 Å². The lowest BCUT2D eigenvalue weighted by Crippen LogP contribution is -2.05. The van der Waals surface area contributed by atoms with Gasteiger partial charge in [0.25, 0.3) is 0 Å². The molecular weight excluding hydrogens is 1040 g/mol. The van der Waals surface area contributed by atoms with E-state index < -0.39 is 35.2 Å². The van der Waals surface area contributed by atoms with Crippen molar-refractivity contribution in [3.63, 3.8) is 0 Å². The summed E-state index contributed by atoms with van der Waals surface area (Å²) in [6.45, 7) is 17.5. The first kappa shape index (κ1) is 52.3. The molecular formula is C68H45F9N4. The Balaban J connectivity index is 1.19. The standard InChI is InChI=1S/C68H45F9N4/c1-37-19-38(2)21-47(20-37)43-7-11-62-55(31-43)58-34-46(50-24-41(5)27-53(30-50)68(75,76)77)10-14-63(58)81(62)65-36-59(78-6)54(42-15-17-79-18-16-42)35-64(65)80-60-12-8-44(48-22-39(3)25-51(28-48)66(69,70)71)32-56(60)57-33-45(9-13-61(57)80)49-23-40(4)26-52(29-49)67(72,73)74/h7-36H,1-5H3. The van der Waals surface area contributed by atoms with Crippen molar-refractivity contribution >= 4 is 49.3 Å². The fourth-order valence-corrected chi connectivity index (χ4v) is 11.5. The fourth-order valence-electron chi connectivity index (χ4n) is 11.5. The van der Waals surface area contributed by atoms with Gasteiger partial charge in [0.05, 0.1) is 56.7 Å². The lowest BCUT2D eigenvalue weighted by atomic mass is 9.96. The molecule has 0 spiro atoms. The third-order valence-corrected chi connectivity index (χ3v) is 15.0. The van der Waals surface area contributed by atoms with Gasteiger partial charge in [-0.2, -0.15) is 39.5 Å². The van der Waals surface area contributed by atoms with Gasteiger partial charge in [0.15, 0.2) is 5.69 Å². The van der Waals surface area contributed by atoms with E-state index in [-0.39, 0.29) is 5.69 Å². The molecule has 0 aliphatic rings. The van der Waals surface area contributed by atoms with Crippen LogP contribution in [0.25, 0.3) is 115 Å². The van der Waals surface area contributed by atoms with Gasteiger partial charge >= 0.3 is 18.5 Å². The van der Waals surface area contributed by atoms with E-state index >= 15 is 0 Å². The van der Waals surface area contributed by atoms with Gasteiger partial charge in [-0.15, -0.1) is 0 Å². The Hall–Kier alpha value is -9.41. The van der Waals surface area contributed by atoms with Gasteiger partial charge in [0.2, 0.25) is 0 Å². The third-order valence-electron chi connectivity index (χ3n) is 15.0. The highest BCUT2D eigenvalue weighted by Gasteiger charge is 2.34. The topological polar surface area (TPSA) is 27.1 Å². The van der Waals surface area contributed by atoms with E-state index in [0.717, 1.165) is 64.0 Å². The minimum atomic E-state index is -4.63. The SMILES string of the molecule is [C-]#[N+]c1cc(-n2c3ccc(-c4cc(C)cc(C)c4)cc3c3cc(-c4cc(C)cc(C(F)(F)F)c4)ccc32)c(-n2c3ccc(-c4cc(C)cc(C(F)(F)F)c4)cc3c3cc(-c4cc(C)cc(C(F)(F)F)c4)ccc32)cc1-c1ccncc1. The zero-order chi connectivity index (χ0) is 57.0. The second kappa shape index (κ2) is 19.2. The van der Waals surface area contributed by atoms with Gasteiger partial charge < -0.3 is 9.13 Å². The van der Waals surface area contributed by atoms with E-state index in [1.54, 1.807) is 99.9 Å². The summed E-state index contributed by atoms with van der Waals surface area (Å²) in [4.78, 5) is 8.34. The van der Waals surface area contributed by atoms with Crippen molar-refractivity contribution in [2.75, 3.05) is 0 Å². The van der Waals surface area contributed by atoms with E-state index in [1.165, 1.54) is 0 Å². The minimum Gasteiger partial charge on any atom is -0.308 e. The number of pyridine rings is 1. The predicted octanol–water partition coefficient (Wildman–Crippen LogP) is 20.8. The average molecular weight is 1090 g/mol. The van der Waals surface area contributed by atoms with Crippen molar-refractivity contribution in [3.8, 4) is 67.0 Å². The molecule has 12 aromatic rings. The second-order valence-corrected chi connectivity index (χ2v) is 20.9. The number of benzene rings is 9. The zero-order valence-corrected chi connectivity index (χ0v) is 44.0. The molecule has 0 N–H and O–H groups in total. The van der Waals surface area contributed by atoms with E-state index in [1.807, 2.05) is 65.4 Å². The van der Waals surface area contributed by atoms with Crippen LogP contribution in [0.3, 0.4) is 0 Å². The maximum Gasteiger partial charge on any atom is 0.416 e. The second-order valence-electron chi connectivity index (χ2n) is 20.9. The molecule has 81 heavy (non-hydrogen) atoms. The summed E-state index contributed by atoms with van der Waals surface area (Å²) in [6, 6.07) is 47.6. The molecule has 0 fully saturated rings. The maximum atomic E-state index is 14.4. The first-order chi connectivity index (χ1) is 38.5.